The molecule has 0 saturated heterocycles. The molecule has 100 valence electrons. The summed E-state index contributed by atoms with van der Waals surface area (Å²) < 4.78 is 0. The molecule has 0 unspecified atom stereocenters. The largest absolute Gasteiger partial charge is 0.294 e. The summed E-state index contributed by atoms with van der Waals surface area (Å²) in [6.07, 6.45) is 0.394. The molecule has 2 nitrogen and oxygen atoms in total. The molecule has 2 aromatic rings. The van der Waals surface area contributed by atoms with Crippen LogP contribution in [0.1, 0.15) is 47.4 Å². The van der Waals surface area contributed by atoms with Crippen LogP contribution in [-0.4, -0.2) is 10.8 Å². The monoisotopic (exact) mass is 273 g/mol. The van der Waals surface area contributed by atoms with Gasteiger partial charge in [-0.1, -0.05) is 45.0 Å². The number of rotatable bonds is 3. The fourth-order valence-electron chi connectivity index (χ4n) is 1.85. The van der Waals surface area contributed by atoms with E-state index in [2.05, 4.69) is 31.1 Å². The highest BCUT2D eigenvalue weighted by molar-refractivity contribution is 7.09. The zero-order chi connectivity index (χ0) is 14.0. The number of carbonyl (C=O) groups excluding carboxylic acids is 1. The minimum absolute atomic E-state index is 0.0421. The van der Waals surface area contributed by atoms with Gasteiger partial charge in [-0.3, -0.25) is 4.79 Å². The maximum atomic E-state index is 12.3. The van der Waals surface area contributed by atoms with Crippen LogP contribution in [-0.2, 0) is 11.8 Å². The number of Topliss-reactive ketones (excluding diaryl/α,β-unsaturated/α-hetero) is 1. The van der Waals surface area contributed by atoms with E-state index in [4.69, 9.17) is 0 Å². The van der Waals surface area contributed by atoms with Crippen LogP contribution >= 0.6 is 11.3 Å². The van der Waals surface area contributed by atoms with Crippen molar-refractivity contribution in [2.75, 3.05) is 0 Å². The van der Waals surface area contributed by atoms with Crippen LogP contribution in [0.15, 0.2) is 29.6 Å². The van der Waals surface area contributed by atoms with Gasteiger partial charge in [0.25, 0.3) is 0 Å². The summed E-state index contributed by atoms with van der Waals surface area (Å²) in [6, 6.07) is 7.71. The molecule has 0 amide bonds. The molecule has 0 atom stereocenters. The maximum absolute atomic E-state index is 12.3. The molecule has 2 rings (SSSR count). The molecule has 0 aliphatic carbocycles. The normalized spacial score (nSPS) is 11.6. The lowest BCUT2D eigenvalue weighted by atomic mass is 9.93. The van der Waals surface area contributed by atoms with E-state index in [1.807, 2.05) is 31.2 Å². The number of aryl methyl sites for hydroxylation is 1. The molecule has 19 heavy (non-hydrogen) atoms. The smallest absolute Gasteiger partial charge is 0.169 e. The predicted octanol–water partition coefficient (Wildman–Crippen LogP) is 4.17. The lowest BCUT2D eigenvalue weighted by molar-refractivity contribution is 0.0992. The molecule has 0 spiro atoms. The minimum atomic E-state index is 0.0421. The van der Waals surface area contributed by atoms with Gasteiger partial charge in [-0.25, -0.2) is 4.98 Å². The molecule has 3 heteroatoms. The third-order valence-electron chi connectivity index (χ3n) is 3.08. The zero-order valence-electron chi connectivity index (χ0n) is 11.9. The molecule has 0 fully saturated rings. The molecular formula is C16H19NOS. The van der Waals surface area contributed by atoms with Crippen molar-refractivity contribution >= 4 is 17.1 Å². The quantitative estimate of drug-likeness (QED) is 0.785. The second-order valence-corrected chi connectivity index (χ2v) is 6.73. The Labute approximate surface area is 118 Å². The second kappa shape index (κ2) is 5.25. The molecule has 0 N–H and O–H groups in total. The van der Waals surface area contributed by atoms with E-state index in [-0.39, 0.29) is 11.2 Å². The molecule has 0 aliphatic heterocycles. The minimum Gasteiger partial charge on any atom is -0.294 e. The summed E-state index contributed by atoms with van der Waals surface area (Å²) in [7, 11) is 0. The van der Waals surface area contributed by atoms with Gasteiger partial charge in [0.15, 0.2) is 5.78 Å². The van der Waals surface area contributed by atoms with Crippen molar-refractivity contribution in [2.24, 2.45) is 0 Å². The second-order valence-electron chi connectivity index (χ2n) is 5.79. The number of hydrogen-bond acceptors (Lipinski definition) is 3. The molecule has 0 saturated carbocycles. The number of nitrogens with zero attached hydrogens (tertiary/aromatic N) is 1. The lowest BCUT2D eigenvalue weighted by Gasteiger charge is -2.14. The van der Waals surface area contributed by atoms with E-state index in [1.54, 1.807) is 11.3 Å². The van der Waals surface area contributed by atoms with Crippen molar-refractivity contribution < 1.29 is 4.79 Å². The van der Waals surface area contributed by atoms with E-state index < -0.39 is 0 Å². The van der Waals surface area contributed by atoms with Crippen molar-refractivity contribution in [3.63, 3.8) is 0 Å². The Balaban J connectivity index is 2.16. The lowest BCUT2D eigenvalue weighted by Crippen LogP contribution is -2.12. The van der Waals surface area contributed by atoms with Crippen LogP contribution in [0.25, 0.3) is 0 Å². The molecule has 1 aromatic carbocycles. The Bertz CT molecular complexity index is 593. The number of thiazole rings is 1. The van der Waals surface area contributed by atoms with Crippen LogP contribution in [0.3, 0.4) is 0 Å². The predicted molar refractivity (Wildman–Crippen MR) is 80.0 cm³/mol. The fraction of sp³-hybridized carbons (Fsp3) is 0.375. The van der Waals surface area contributed by atoms with Crippen LogP contribution in [0.2, 0.25) is 0 Å². The molecular weight excluding hydrogens is 254 g/mol. The molecule has 1 heterocycles. The highest BCUT2D eigenvalue weighted by Gasteiger charge is 2.19. The molecule has 0 radical (unpaired) electrons. The first-order chi connectivity index (χ1) is 8.88. The number of hydrogen-bond donors (Lipinski definition) is 0. The number of ketones is 1. The van der Waals surface area contributed by atoms with Crippen molar-refractivity contribution in [1.29, 1.82) is 0 Å². The van der Waals surface area contributed by atoms with E-state index in [1.165, 1.54) is 0 Å². The van der Waals surface area contributed by atoms with Crippen molar-refractivity contribution in [3.8, 4) is 0 Å². The fourth-order valence-corrected chi connectivity index (χ4v) is 2.87. The van der Waals surface area contributed by atoms with Gasteiger partial charge in [0.2, 0.25) is 0 Å². The van der Waals surface area contributed by atoms with Gasteiger partial charge in [-0.2, -0.15) is 0 Å². The van der Waals surface area contributed by atoms with E-state index in [0.717, 1.165) is 21.8 Å². The first-order valence-electron chi connectivity index (χ1n) is 6.41. The summed E-state index contributed by atoms with van der Waals surface area (Å²) in [4.78, 5) is 16.8. The zero-order valence-corrected chi connectivity index (χ0v) is 12.7. The van der Waals surface area contributed by atoms with Gasteiger partial charge in [0.05, 0.1) is 12.1 Å². The number of aromatic nitrogens is 1. The van der Waals surface area contributed by atoms with Gasteiger partial charge in [-0.05, 0) is 12.5 Å². The van der Waals surface area contributed by atoms with Crippen LogP contribution < -0.4 is 0 Å². The highest BCUT2D eigenvalue weighted by Crippen LogP contribution is 2.24. The van der Waals surface area contributed by atoms with Gasteiger partial charge >= 0.3 is 0 Å². The van der Waals surface area contributed by atoms with Crippen LogP contribution in [0, 0.1) is 6.92 Å². The number of carbonyl (C=O) groups is 1. The Morgan fingerprint density at radius 1 is 1.26 bits per heavy atom. The van der Waals surface area contributed by atoms with Gasteiger partial charge < -0.3 is 0 Å². The van der Waals surface area contributed by atoms with Crippen molar-refractivity contribution in [1.82, 2.24) is 4.98 Å². The van der Waals surface area contributed by atoms with Crippen molar-refractivity contribution in [3.05, 3.63) is 51.5 Å². The van der Waals surface area contributed by atoms with Gasteiger partial charge in [-0.15, -0.1) is 11.3 Å². The summed E-state index contributed by atoms with van der Waals surface area (Å²) in [5, 5.41) is 2.96. The summed E-state index contributed by atoms with van der Waals surface area (Å²) in [5.74, 6) is 0.146. The standard InChI is InChI=1S/C16H19NOS/c1-11-7-5-6-8-12(11)13(18)9-15-17-14(10-19-15)16(2,3)4/h5-8,10H,9H2,1-4H3. The Kier molecular flexibility index (Phi) is 3.85. The SMILES string of the molecule is Cc1ccccc1C(=O)Cc1nc(C(C)(C)C)cs1. The van der Waals surface area contributed by atoms with Gasteiger partial charge in [0.1, 0.15) is 5.01 Å². The van der Waals surface area contributed by atoms with E-state index >= 15 is 0 Å². The third-order valence-corrected chi connectivity index (χ3v) is 3.93. The Hall–Kier alpha value is -1.48. The first-order valence-corrected chi connectivity index (χ1v) is 7.29. The first kappa shape index (κ1) is 13.9. The summed E-state index contributed by atoms with van der Waals surface area (Å²) in [6.45, 7) is 8.37. The summed E-state index contributed by atoms with van der Waals surface area (Å²) >= 11 is 1.57. The van der Waals surface area contributed by atoms with Crippen molar-refractivity contribution in [2.45, 2.75) is 39.5 Å². The number of benzene rings is 1. The average Bonchev–Trinajstić information content (AvgIpc) is 2.77. The summed E-state index contributed by atoms with van der Waals surface area (Å²) in [5.41, 5.74) is 2.93. The average molecular weight is 273 g/mol. The maximum Gasteiger partial charge on any atom is 0.169 e. The van der Waals surface area contributed by atoms with E-state index in [0.29, 0.717) is 6.42 Å². The molecule has 0 aliphatic rings. The third kappa shape index (κ3) is 3.29. The highest BCUT2D eigenvalue weighted by atomic mass is 32.1. The molecule has 0 bridgehead atoms. The van der Waals surface area contributed by atoms with Crippen LogP contribution in [0.4, 0.5) is 0 Å². The Morgan fingerprint density at radius 3 is 2.53 bits per heavy atom. The van der Waals surface area contributed by atoms with Crippen LogP contribution in [0.5, 0.6) is 0 Å². The topological polar surface area (TPSA) is 30.0 Å². The molecule has 1 aromatic heterocycles. The Morgan fingerprint density at radius 2 is 1.95 bits per heavy atom. The van der Waals surface area contributed by atoms with E-state index in [9.17, 15) is 4.79 Å². The van der Waals surface area contributed by atoms with Gasteiger partial charge in [0, 0.05) is 16.4 Å².